The van der Waals surface area contributed by atoms with E-state index >= 15 is 0 Å². The minimum absolute atomic E-state index is 0.119. The van der Waals surface area contributed by atoms with Gasteiger partial charge in [-0.05, 0) is 45.4 Å². The average Bonchev–Trinajstić information content (AvgIpc) is 1.93. The fourth-order valence-electron chi connectivity index (χ4n) is 1.72. The molecule has 0 unspecified atom stereocenters. The third-order valence-corrected chi connectivity index (χ3v) is 2.42. The number of rotatable bonds is 2. The van der Waals surface area contributed by atoms with Gasteiger partial charge in [0.05, 0.1) is 6.10 Å². The molecule has 1 N–H and O–H groups in total. The lowest BCUT2D eigenvalue weighted by Gasteiger charge is -2.21. The standard InChI is InChI=1S/C10H18O/c1-8-3-5-10(6-4-8)7-9(2)11/h3,9-11H,4-7H2,1-2H3/t9-,10+/m1/s1. The highest BCUT2D eigenvalue weighted by Crippen LogP contribution is 2.26. The van der Waals surface area contributed by atoms with Crippen molar-refractivity contribution < 1.29 is 5.11 Å². The Balaban J connectivity index is 2.29. The van der Waals surface area contributed by atoms with Gasteiger partial charge in [0.15, 0.2) is 0 Å². The third-order valence-electron chi connectivity index (χ3n) is 2.42. The Morgan fingerprint density at radius 1 is 1.73 bits per heavy atom. The second kappa shape index (κ2) is 3.91. The molecule has 0 bridgehead atoms. The van der Waals surface area contributed by atoms with Gasteiger partial charge in [-0.2, -0.15) is 0 Å². The van der Waals surface area contributed by atoms with Gasteiger partial charge in [-0.25, -0.2) is 0 Å². The van der Waals surface area contributed by atoms with E-state index in [1.165, 1.54) is 24.8 Å². The van der Waals surface area contributed by atoms with E-state index in [9.17, 15) is 0 Å². The summed E-state index contributed by atoms with van der Waals surface area (Å²) < 4.78 is 0. The summed E-state index contributed by atoms with van der Waals surface area (Å²) in [6.07, 6.45) is 6.86. The van der Waals surface area contributed by atoms with Crippen molar-refractivity contribution in [2.45, 2.75) is 45.6 Å². The molecule has 1 heteroatoms. The van der Waals surface area contributed by atoms with E-state index in [0.717, 1.165) is 12.3 Å². The molecule has 0 saturated heterocycles. The van der Waals surface area contributed by atoms with Crippen LogP contribution >= 0.6 is 0 Å². The van der Waals surface area contributed by atoms with Crippen molar-refractivity contribution in [3.05, 3.63) is 11.6 Å². The molecule has 64 valence electrons. The van der Waals surface area contributed by atoms with Gasteiger partial charge in [-0.3, -0.25) is 0 Å². The Bertz CT molecular complexity index is 147. The van der Waals surface area contributed by atoms with Gasteiger partial charge >= 0.3 is 0 Å². The van der Waals surface area contributed by atoms with Gasteiger partial charge in [0.1, 0.15) is 0 Å². The second-order valence-electron chi connectivity index (χ2n) is 3.78. The topological polar surface area (TPSA) is 20.2 Å². The van der Waals surface area contributed by atoms with E-state index in [2.05, 4.69) is 13.0 Å². The zero-order valence-corrected chi connectivity index (χ0v) is 7.51. The van der Waals surface area contributed by atoms with Gasteiger partial charge in [0, 0.05) is 0 Å². The Morgan fingerprint density at radius 3 is 2.91 bits per heavy atom. The van der Waals surface area contributed by atoms with Crippen molar-refractivity contribution in [3.63, 3.8) is 0 Å². The van der Waals surface area contributed by atoms with E-state index in [0.29, 0.717) is 0 Å². The van der Waals surface area contributed by atoms with Crippen molar-refractivity contribution >= 4 is 0 Å². The summed E-state index contributed by atoms with van der Waals surface area (Å²) in [5, 5.41) is 9.15. The summed E-state index contributed by atoms with van der Waals surface area (Å²) in [6, 6.07) is 0. The number of aliphatic hydroxyl groups excluding tert-OH is 1. The molecule has 0 amide bonds. The maximum absolute atomic E-state index is 9.15. The molecule has 1 nitrogen and oxygen atoms in total. The van der Waals surface area contributed by atoms with E-state index < -0.39 is 0 Å². The van der Waals surface area contributed by atoms with Gasteiger partial charge in [-0.15, -0.1) is 0 Å². The second-order valence-corrected chi connectivity index (χ2v) is 3.78. The maximum Gasteiger partial charge on any atom is 0.0514 e. The van der Waals surface area contributed by atoms with Crippen molar-refractivity contribution in [2.24, 2.45) is 5.92 Å². The highest BCUT2D eigenvalue weighted by molar-refractivity contribution is 5.02. The summed E-state index contributed by atoms with van der Waals surface area (Å²) in [5.74, 6) is 0.735. The molecule has 0 aliphatic heterocycles. The van der Waals surface area contributed by atoms with Crippen LogP contribution in [-0.2, 0) is 0 Å². The van der Waals surface area contributed by atoms with Crippen LogP contribution in [0.4, 0.5) is 0 Å². The molecule has 2 atom stereocenters. The molecule has 0 saturated carbocycles. The lowest BCUT2D eigenvalue weighted by Crippen LogP contribution is -2.12. The Morgan fingerprint density at radius 2 is 2.45 bits per heavy atom. The van der Waals surface area contributed by atoms with Crippen LogP contribution in [0.15, 0.2) is 11.6 Å². The lowest BCUT2D eigenvalue weighted by atomic mass is 9.87. The molecule has 0 spiro atoms. The first-order valence-corrected chi connectivity index (χ1v) is 4.52. The molecular formula is C10H18O. The van der Waals surface area contributed by atoms with Crippen LogP contribution in [0.2, 0.25) is 0 Å². The van der Waals surface area contributed by atoms with Crippen LogP contribution in [-0.4, -0.2) is 11.2 Å². The van der Waals surface area contributed by atoms with E-state index in [1.54, 1.807) is 0 Å². The maximum atomic E-state index is 9.15. The summed E-state index contributed by atoms with van der Waals surface area (Å²) >= 11 is 0. The Hall–Kier alpha value is -0.300. The lowest BCUT2D eigenvalue weighted by molar-refractivity contribution is 0.156. The number of hydrogen-bond donors (Lipinski definition) is 1. The number of hydrogen-bond acceptors (Lipinski definition) is 1. The fraction of sp³-hybridized carbons (Fsp3) is 0.800. The van der Waals surface area contributed by atoms with E-state index in [4.69, 9.17) is 5.11 Å². The summed E-state index contributed by atoms with van der Waals surface area (Å²) in [6.45, 7) is 4.07. The molecule has 1 rings (SSSR count). The van der Waals surface area contributed by atoms with Gasteiger partial charge in [-0.1, -0.05) is 11.6 Å². The predicted molar refractivity (Wildman–Crippen MR) is 47.4 cm³/mol. The minimum Gasteiger partial charge on any atom is -0.393 e. The first-order valence-electron chi connectivity index (χ1n) is 4.52. The highest BCUT2D eigenvalue weighted by Gasteiger charge is 2.13. The summed E-state index contributed by atoms with van der Waals surface area (Å²) in [7, 11) is 0. The molecule has 1 aliphatic carbocycles. The first kappa shape index (κ1) is 8.79. The van der Waals surface area contributed by atoms with Crippen LogP contribution in [0.25, 0.3) is 0 Å². The van der Waals surface area contributed by atoms with E-state index in [1.807, 2.05) is 6.92 Å². The van der Waals surface area contributed by atoms with Gasteiger partial charge in [0.2, 0.25) is 0 Å². The number of allylic oxidation sites excluding steroid dienone is 2. The van der Waals surface area contributed by atoms with Gasteiger partial charge in [0.25, 0.3) is 0 Å². The van der Waals surface area contributed by atoms with Crippen LogP contribution in [0.3, 0.4) is 0 Å². The third kappa shape index (κ3) is 3.06. The quantitative estimate of drug-likeness (QED) is 0.606. The SMILES string of the molecule is CC1=CC[C@H](C[C@@H](C)O)CC1. The molecule has 0 aromatic heterocycles. The van der Waals surface area contributed by atoms with E-state index in [-0.39, 0.29) is 6.10 Å². The summed E-state index contributed by atoms with van der Waals surface area (Å²) in [4.78, 5) is 0. The zero-order chi connectivity index (χ0) is 8.27. The molecular weight excluding hydrogens is 136 g/mol. The predicted octanol–water partition coefficient (Wildman–Crippen LogP) is 2.50. The monoisotopic (exact) mass is 154 g/mol. The zero-order valence-electron chi connectivity index (χ0n) is 7.51. The molecule has 1 aliphatic rings. The number of aliphatic hydroxyl groups is 1. The smallest absolute Gasteiger partial charge is 0.0514 e. The molecule has 0 aromatic rings. The van der Waals surface area contributed by atoms with Crippen LogP contribution in [0, 0.1) is 5.92 Å². The molecule has 0 aromatic carbocycles. The van der Waals surface area contributed by atoms with Crippen LogP contribution < -0.4 is 0 Å². The fourth-order valence-corrected chi connectivity index (χ4v) is 1.72. The molecule has 0 fully saturated rings. The molecule has 11 heavy (non-hydrogen) atoms. The molecule has 0 radical (unpaired) electrons. The van der Waals surface area contributed by atoms with Crippen molar-refractivity contribution in [1.29, 1.82) is 0 Å². The minimum atomic E-state index is -0.119. The highest BCUT2D eigenvalue weighted by atomic mass is 16.3. The average molecular weight is 154 g/mol. The molecule has 0 heterocycles. The Kier molecular flexibility index (Phi) is 3.13. The largest absolute Gasteiger partial charge is 0.393 e. The van der Waals surface area contributed by atoms with Crippen molar-refractivity contribution in [2.75, 3.05) is 0 Å². The van der Waals surface area contributed by atoms with Crippen LogP contribution in [0.5, 0.6) is 0 Å². The van der Waals surface area contributed by atoms with Crippen molar-refractivity contribution in [3.8, 4) is 0 Å². The Labute approximate surface area is 69.1 Å². The van der Waals surface area contributed by atoms with Crippen molar-refractivity contribution in [1.82, 2.24) is 0 Å². The normalized spacial score (nSPS) is 27.9. The van der Waals surface area contributed by atoms with Crippen LogP contribution in [0.1, 0.15) is 39.5 Å². The van der Waals surface area contributed by atoms with Gasteiger partial charge < -0.3 is 5.11 Å². The first-order chi connectivity index (χ1) is 5.18. The summed E-state index contributed by atoms with van der Waals surface area (Å²) in [5.41, 5.74) is 1.52.